The molecule has 31 heavy (non-hydrogen) atoms. The van der Waals surface area contributed by atoms with E-state index in [0.29, 0.717) is 31.8 Å². The van der Waals surface area contributed by atoms with Crippen LogP contribution in [0.15, 0.2) is 34.5 Å². The number of nitrogens with two attached hydrogens (primary N) is 1. The molecule has 8 heteroatoms. The van der Waals surface area contributed by atoms with E-state index in [1.807, 2.05) is 6.07 Å². The van der Waals surface area contributed by atoms with Crippen LogP contribution < -0.4 is 10.6 Å². The molecule has 1 saturated heterocycles. The van der Waals surface area contributed by atoms with Gasteiger partial charge in [0.1, 0.15) is 6.54 Å². The molecule has 6 nitrogen and oxygen atoms in total. The molecule has 2 aliphatic rings. The van der Waals surface area contributed by atoms with Crippen molar-refractivity contribution in [2.75, 3.05) is 37.6 Å². The number of rotatable bonds is 4. The highest BCUT2D eigenvalue weighted by molar-refractivity contribution is 6.09. The zero-order valence-corrected chi connectivity index (χ0v) is 18.4. The number of aryl methyl sites for hydroxylation is 1. The van der Waals surface area contributed by atoms with Crippen molar-refractivity contribution in [1.29, 1.82) is 0 Å². The fraction of sp³-hybridized carbons (Fsp3) is 0.522. The Kier molecular flexibility index (Phi) is 6.77. The summed E-state index contributed by atoms with van der Waals surface area (Å²) in [6.45, 7) is 7.75. The largest absolute Gasteiger partial charge is 0.396 e. The molecule has 1 saturated carbocycles. The average Bonchev–Trinajstić information content (AvgIpc) is 2.73. The van der Waals surface area contributed by atoms with Crippen LogP contribution in [0.25, 0.3) is 0 Å². The highest BCUT2D eigenvalue weighted by Crippen LogP contribution is 2.35. The van der Waals surface area contributed by atoms with E-state index >= 15 is 0 Å². The molecule has 1 aliphatic heterocycles. The number of nitrogens with zero attached hydrogens (tertiary/aromatic N) is 3. The summed E-state index contributed by atoms with van der Waals surface area (Å²) in [5.41, 5.74) is 9.84. The Hall–Kier alpha value is -2.77. The maximum absolute atomic E-state index is 13.9. The van der Waals surface area contributed by atoms with Crippen molar-refractivity contribution in [2.24, 2.45) is 10.7 Å². The maximum Gasteiger partial charge on any atom is 0.253 e. The first kappa shape index (κ1) is 22.9. The minimum absolute atomic E-state index is 0.0139. The molecular formula is C23H30F2N4O2. The highest BCUT2D eigenvalue weighted by Gasteiger charge is 2.38. The lowest BCUT2D eigenvalue weighted by Gasteiger charge is -2.37. The number of anilines is 1. The van der Waals surface area contributed by atoms with E-state index in [0.717, 1.165) is 0 Å². The van der Waals surface area contributed by atoms with Crippen molar-refractivity contribution in [2.45, 2.75) is 46.0 Å². The van der Waals surface area contributed by atoms with Gasteiger partial charge in [-0.3, -0.25) is 14.6 Å². The molecule has 1 aliphatic carbocycles. The first-order chi connectivity index (χ1) is 14.6. The van der Waals surface area contributed by atoms with Gasteiger partial charge < -0.3 is 15.5 Å². The quantitative estimate of drug-likeness (QED) is 0.742. The summed E-state index contributed by atoms with van der Waals surface area (Å²) in [4.78, 5) is 32.5. The van der Waals surface area contributed by atoms with Crippen LogP contribution in [-0.4, -0.2) is 60.9 Å². The zero-order valence-electron chi connectivity index (χ0n) is 18.4. The molecule has 0 spiro atoms. The fourth-order valence-electron chi connectivity index (χ4n) is 4.08. The highest BCUT2D eigenvalue weighted by atomic mass is 19.3. The van der Waals surface area contributed by atoms with Gasteiger partial charge in [-0.1, -0.05) is 12.1 Å². The van der Waals surface area contributed by atoms with Gasteiger partial charge in [0.2, 0.25) is 5.91 Å². The minimum Gasteiger partial charge on any atom is -0.396 e. The normalized spacial score (nSPS) is 21.9. The van der Waals surface area contributed by atoms with Crippen molar-refractivity contribution in [3.63, 3.8) is 0 Å². The van der Waals surface area contributed by atoms with Crippen molar-refractivity contribution >= 4 is 23.1 Å². The van der Waals surface area contributed by atoms with E-state index in [1.165, 1.54) is 23.7 Å². The van der Waals surface area contributed by atoms with Gasteiger partial charge in [-0.25, -0.2) is 8.78 Å². The van der Waals surface area contributed by atoms with Gasteiger partial charge in [0.25, 0.3) is 5.92 Å². The molecule has 2 N–H and O–H groups in total. The van der Waals surface area contributed by atoms with Crippen LogP contribution in [0.5, 0.6) is 0 Å². The van der Waals surface area contributed by atoms with Crippen molar-refractivity contribution < 1.29 is 18.4 Å². The number of hydrogen-bond acceptors (Lipinski definition) is 5. The number of amides is 1. The van der Waals surface area contributed by atoms with Gasteiger partial charge in [0, 0.05) is 56.5 Å². The summed E-state index contributed by atoms with van der Waals surface area (Å²) in [6, 6.07) is 6.19. The molecule has 2 fully saturated rings. The second-order valence-corrected chi connectivity index (χ2v) is 8.33. The van der Waals surface area contributed by atoms with Crippen LogP contribution in [0.4, 0.5) is 14.5 Å². The van der Waals surface area contributed by atoms with Gasteiger partial charge in [-0.2, -0.15) is 0 Å². The summed E-state index contributed by atoms with van der Waals surface area (Å²) in [5, 5.41) is 0. The first-order valence-electron chi connectivity index (χ1n) is 10.6. The van der Waals surface area contributed by atoms with E-state index in [9.17, 15) is 18.4 Å². The molecule has 0 atom stereocenters. The third kappa shape index (κ3) is 5.29. The Balaban J connectivity index is 1.66. The Morgan fingerprint density at radius 3 is 2.48 bits per heavy atom. The zero-order chi connectivity index (χ0) is 22.8. The molecule has 0 aromatic heterocycles. The number of allylic oxidation sites excluding steroid dienone is 2. The lowest BCUT2D eigenvalue weighted by molar-refractivity contribution is -0.129. The molecule has 0 bridgehead atoms. The summed E-state index contributed by atoms with van der Waals surface area (Å²) < 4.78 is 27.8. The van der Waals surface area contributed by atoms with Crippen LogP contribution in [0, 0.1) is 13.8 Å². The smallest absolute Gasteiger partial charge is 0.253 e. The molecule has 3 rings (SSSR count). The summed E-state index contributed by atoms with van der Waals surface area (Å²) in [5.74, 6) is -3.48. The van der Waals surface area contributed by atoms with E-state index < -0.39 is 12.3 Å². The number of halogens is 2. The summed E-state index contributed by atoms with van der Waals surface area (Å²) in [7, 11) is 0. The Bertz CT molecular complexity index is 932. The predicted octanol–water partition coefficient (Wildman–Crippen LogP) is 3.01. The number of alkyl halides is 2. The van der Waals surface area contributed by atoms with Crippen LogP contribution in [0.3, 0.4) is 0 Å². The minimum atomic E-state index is -2.90. The molecular weight excluding hydrogens is 402 g/mol. The van der Waals surface area contributed by atoms with E-state index in [1.54, 1.807) is 4.90 Å². The fourth-order valence-corrected chi connectivity index (χ4v) is 4.08. The number of piperazine rings is 1. The van der Waals surface area contributed by atoms with E-state index in [4.69, 9.17) is 5.73 Å². The number of hydrogen-bond donors (Lipinski definition) is 1. The Morgan fingerprint density at radius 2 is 1.84 bits per heavy atom. The van der Waals surface area contributed by atoms with Gasteiger partial charge >= 0.3 is 0 Å². The van der Waals surface area contributed by atoms with E-state index in [-0.39, 0.29) is 42.5 Å². The SMILES string of the molecule is CC(=O)/C(N)=C1\CCC(F)(F)CC1=NCC(=O)N1CCN(c2cccc(C)c2C)CC1. The Morgan fingerprint density at radius 1 is 1.16 bits per heavy atom. The second-order valence-electron chi connectivity index (χ2n) is 8.33. The number of ketones is 1. The van der Waals surface area contributed by atoms with Crippen molar-refractivity contribution in [1.82, 2.24) is 4.90 Å². The standard InChI is InChI=1S/C23H30F2N4O2/c1-15-5-4-6-20(16(15)2)28-9-11-29(12-10-28)21(31)14-27-19-13-23(24,25)8-7-18(19)22(26)17(3)30/h4-6H,7-14,26H2,1-3H3/b22-18-,27-19?. The molecule has 1 aromatic rings. The average molecular weight is 433 g/mol. The maximum atomic E-state index is 13.9. The predicted molar refractivity (Wildman–Crippen MR) is 118 cm³/mol. The number of carbonyl (C=O) groups excluding carboxylic acids is 2. The molecule has 0 unspecified atom stereocenters. The van der Waals surface area contributed by atoms with Crippen molar-refractivity contribution in [3.8, 4) is 0 Å². The summed E-state index contributed by atoms with van der Waals surface area (Å²) in [6.07, 6.45) is -0.979. The van der Waals surface area contributed by atoms with Gasteiger partial charge in [-0.15, -0.1) is 0 Å². The van der Waals surface area contributed by atoms with Crippen molar-refractivity contribution in [3.05, 3.63) is 40.6 Å². The number of benzene rings is 1. The second kappa shape index (κ2) is 9.16. The van der Waals surface area contributed by atoms with Gasteiger partial charge in [0.15, 0.2) is 5.78 Å². The molecule has 168 valence electrons. The van der Waals surface area contributed by atoms with Gasteiger partial charge in [-0.05, 0) is 37.5 Å². The molecule has 1 heterocycles. The number of Topliss-reactive ketones (excluding diaryl/α,β-unsaturated/α-hetero) is 1. The monoisotopic (exact) mass is 432 g/mol. The lowest BCUT2D eigenvalue weighted by Crippen LogP contribution is -2.49. The number of carbonyl (C=O) groups is 2. The molecule has 1 amide bonds. The lowest BCUT2D eigenvalue weighted by atomic mass is 9.88. The van der Waals surface area contributed by atoms with Crippen LogP contribution in [0.2, 0.25) is 0 Å². The molecule has 0 radical (unpaired) electrons. The third-order valence-corrected chi connectivity index (χ3v) is 6.17. The molecule has 1 aromatic carbocycles. The van der Waals surface area contributed by atoms with Gasteiger partial charge in [0.05, 0.1) is 12.1 Å². The number of aliphatic imine (C=N–C) groups is 1. The van der Waals surface area contributed by atoms with Crippen LogP contribution in [0.1, 0.15) is 37.3 Å². The van der Waals surface area contributed by atoms with Crippen LogP contribution in [-0.2, 0) is 9.59 Å². The van der Waals surface area contributed by atoms with E-state index in [2.05, 4.69) is 35.9 Å². The van der Waals surface area contributed by atoms with Crippen LogP contribution >= 0.6 is 0 Å². The summed E-state index contributed by atoms with van der Waals surface area (Å²) >= 11 is 0. The third-order valence-electron chi connectivity index (χ3n) is 6.17. The Labute approximate surface area is 181 Å². The topological polar surface area (TPSA) is 79.0 Å². The first-order valence-corrected chi connectivity index (χ1v) is 10.6.